The molecule has 0 heterocycles. The predicted octanol–water partition coefficient (Wildman–Crippen LogP) is 3.96. The van der Waals surface area contributed by atoms with Crippen molar-refractivity contribution < 1.29 is 24.3 Å². The minimum atomic E-state index is -0.594. The highest BCUT2D eigenvalue weighted by Gasteiger charge is 2.25. The summed E-state index contributed by atoms with van der Waals surface area (Å²) in [5.74, 6) is -0.237. The number of carbonyl (C=O) groups is 3. The molecule has 0 unspecified atom stereocenters. The van der Waals surface area contributed by atoms with E-state index in [0.29, 0.717) is 17.7 Å². The minimum absolute atomic E-state index is 0.107. The Morgan fingerprint density at radius 2 is 1.53 bits per heavy atom. The summed E-state index contributed by atoms with van der Waals surface area (Å²) in [6, 6.07) is 21.7. The predicted molar refractivity (Wildman–Crippen MR) is 145 cm³/mol. The number of ether oxygens (including phenoxy) is 1. The van der Waals surface area contributed by atoms with Crippen LogP contribution in [0.4, 0.5) is 0 Å². The second kappa shape index (κ2) is 12.5. The van der Waals surface area contributed by atoms with Crippen molar-refractivity contribution in [3.8, 4) is 5.75 Å². The zero-order chi connectivity index (χ0) is 26.9. The van der Waals surface area contributed by atoms with Gasteiger partial charge in [0.25, 0.3) is 11.8 Å². The first-order valence-electron chi connectivity index (χ1n) is 12.2. The Balaban J connectivity index is 1.38. The van der Waals surface area contributed by atoms with Crippen molar-refractivity contribution in [3.63, 3.8) is 0 Å². The van der Waals surface area contributed by atoms with Crippen LogP contribution in [-0.4, -0.2) is 36.1 Å². The zero-order valence-electron chi connectivity index (χ0n) is 20.9. The van der Waals surface area contributed by atoms with Gasteiger partial charge in [0.15, 0.2) is 0 Å². The van der Waals surface area contributed by atoms with Crippen LogP contribution in [-0.2, 0) is 16.1 Å². The van der Waals surface area contributed by atoms with Crippen LogP contribution in [0.25, 0.3) is 17.7 Å². The van der Waals surface area contributed by atoms with Gasteiger partial charge in [0.1, 0.15) is 5.75 Å². The molecule has 0 aliphatic heterocycles. The van der Waals surface area contributed by atoms with Crippen molar-refractivity contribution in [2.45, 2.75) is 25.4 Å². The van der Waals surface area contributed by atoms with Crippen molar-refractivity contribution in [1.29, 1.82) is 0 Å². The van der Waals surface area contributed by atoms with Crippen LogP contribution < -0.4 is 20.9 Å². The molecule has 4 N–H and O–H groups in total. The first-order chi connectivity index (χ1) is 18.4. The molecule has 1 aliphatic carbocycles. The Morgan fingerprint density at radius 3 is 2.13 bits per heavy atom. The van der Waals surface area contributed by atoms with E-state index in [1.165, 1.54) is 6.08 Å². The molecule has 0 atom stereocenters. The number of nitrogens with one attached hydrogen (secondary N) is 3. The van der Waals surface area contributed by atoms with Crippen LogP contribution in [0.3, 0.4) is 0 Å². The summed E-state index contributed by atoms with van der Waals surface area (Å²) in [6.07, 6.45) is 7.03. The molecular weight excluding hydrogens is 482 g/mol. The van der Waals surface area contributed by atoms with Crippen LogP contribution in [0, 0.1) is 0 Å². The summed E-state index contributed by atoms with van der Waals surface area (Å²) < 4.78 is 5.23. The molecule has 0 spiro atoms. The van der Waals surface area contributed by atoms with E-state index < -0.39 is 5.91 Å². The standard InChI is InChI=1S/C30H29N3O5/c1-38-26-15-11-23(12-16-26)27(30(36)32-25-13-14-25)18-21-4-2-20(3-5-21)8-17-28(34)31-19-22-6-9-24(10-7-22)29(35)33-37/h2-12,15-18,25,37H,13-14,19H2,1H3,(H,31,34)(H,32,36)(H,33,35)/b17-8+,27-18+. The van der Waals surface area contributed by atoms with Crippen LogP contribution in [0.1, 0.15) is 45.5 Å². The van der Waals surface area contributed by atoms with Crippen LogP contribution in [0.5, 0.6) is 5.75 Å². The maximum atomic E-state index is 12.9. The van der Waals surface area contributed by atoms with Gasteiger partial charge in [-0.05, 0) is 71.5 Å². The van der Waals surface area contributed by atoms with Gasteiger partial charge in [0.05, 0.1) is 7.11 Å². The van der Waals surface area contributed by atoms with E-state index in [-0.39, 0.29) is 17.9 Å². The van der Waals surface area contributed by atoms with Crippen molar-refractivity contribution in [2.75, 3.05) is 7.11 Å². The second-order valence-corrected chi connectivity index (χ2v) is 8.89. The second-order valence-electron chi connectivity index (χ2n) is 8.89. The van der Waals surface area contributed by atoms with Gasteiger partial charge in [-0.15, -0.1) is 0 Å². The van der Waals surface area contributed by atoms with E-state index in [0.717, 1.165) is 40.8 Å². The van der Waals surface area contributed by atoms with Crippen molar-refractivity contribution in [3.05, 3.63) is 107 Å². The Morgan fingerprint density at radius 1 is 0.895 bits per heavy atom. The molecule has 8 nitrogen and oxygen atoms in total. The zero-order valence-corrected chi connectivity index (χ0v) is 20.9. The molecule has 3 aromatic rings. The first-order valence-corrected chi connectivity index (χ1v) is 12.2. The summed E-state index contributed by atoms with van der Waals surface area (Å²) in [4.78, 5) is 36.5. The van der Waals surface area contributed by atoms with Gasteiger partial charge < -0.3 is 15.4 Å². The number of hydrogen-bond acceptors (Lipinski definition) is 5. The summed E-state index contributed by atoms with van der Waals surface area (Å²) >= 11 is 0. The smallest absolute Gasteiger partial charge is 0.274 e. The van der Waals surface area contributed by atoms with E-state index in [1.807, 2.05) is 54.6 Å². The van der Waals surface area contributed by atoms with Gasteiger partial charge in [-0.25, -0.2) is 5.48 Å². The summed E-state index contributed by atoms with van der Waals surface area (Å²) in [5, 5.41) is 14.5. The SMILES string of the molecule is COc1ccc(/C(=C\c2ccc(/C=C/C(=O)NCc3ccc(C(=O)NO)cc3)cc2)C(=O)NC2CC2)cc1. The number of methoxy groups -OCH3 is 1. The molecule has 8 heteroatoms. The molecule has 0 radical (unpaired) electrons. The number of rotatable bonds is 10. The fraction of sp³-hybridized carbons (Fsp3) is 0.167. The molecule has 0 aromatic heterocycles. The lowest BCUT2D eigenvalue weighted by Crippen LogP contribution is -2.26. The normalized spacial score (nSPS) is 13.2. The highest BCUT2D eigenvalue weighted by atomic mass is 16.5. The van der Waals surface area contributed by atoms with E-state index in [9.17, 15) is 14.4 Å². The van der Waals surface area contributed by atoms with E-state index >= 15 is 0 Å². The lowest BCUT2D eigenvalue weighted by atomic mass is 10.0. The average Bonchev–Trinajstić information content (AvgIpc) is 3.78. The van der Waals surface area contributed by atoms with E-state index in [4.69, 9.17) is 9.94 Å². The Bertz CT molecular complexity index is 1340. The number of amides is 3. The van der Waals surface area contributed by atoms with Crippen LogP contribution in [0.2, 0.25) is 0 Å². The average molecular weight is 512 g/mol. The number of hydroxylamine groups is 1. The largest absolute Gasteiger partial charge is 0.497 e. The molecule has 194 valence electrons. The molecule has 0 saturated heterocycles. The van der Waals surface area contributed by atoms with Crippen molar-refractivity contribution in [2.24, 2.45) is 0 Å². The minimum Gasteiger partial charge on any atom is -0.497 e. The van der Waals surface area contributed by atoms with Crippen molar-refractivity contribution in [1.82, 2.24) is 16.1 Å². The molecule has 0 bridgehead atoms. The summed E-state index contributed by atoms with van der Waals surface area (Å²) in [7, 11) is 1.60. The maximum Gasteiger partial charge on any atom is 0.274 e. The molecule has 38 heavy (non-hydrogen) atoms. The molecule has 1 aliphatic rings. The van der Waals surface area contributed by atoms with Gasteiger partial charge in [-0.1, -0.05) is 48.5 Å². The Kier molecular flexibility index (Phi) is 8.69. The first kappa shape index (κ1) is 26.4. The van der Waals surface area contributed by atoms with Gasteiger partial charge >= 0.3 is 0 Å². The molecule has 1 saturated carbocycles. The molecule has 1 fully saturated rings. The fourth-order valence-electron chi connectivity index (χ4n) is 3.67. The third kappa shape index (κ3) is 7.41. The van der Waals surface area contributed by atoms with Crippen molar-refractivity contribution >= 4 is 35.4 Å². The molecule has 4 rings (SSSR count). The Hall–Kier alpha value is -4.69. The lowest BCUT2D eigenvalue weighted by molar-refractivity contribution is -0.117. The lowest BCUT2D eigenvalue weighted by Gasteiger charge is -2.10. The fourth-order valence-corrected chi connectivity index (χ4v) is 3.67. The Labute approximate surface area is 221 Å². The third-order valence-electron chi connectivity index (χ3n) is 6.02. The van der Waals surface area contributed by atoms with E-state index in [2.05, 4.69) is 10.6 Å². The molecule has 3 amide bonds. The summed E-state index contributed by atoms with van der Waals surface area (Å²) in [6.45, 7) is 0.297. The van der Waals surface area contributed by atoms with E-state index in [1.54, 1.807) is 42.9 Å². The van der Waals surface area contributed by atoms with Crippen LogP contribution >= 0.6 is 0 Å². The number of carbonyl (C=O) groups excluding carboxylic acids is 3. The number of benzene rings is 3. The van der Waals surface area contributed by atoms with Gasteiger partial charge in [-0.2, -0.15) is 0 Å². The molecular formula is C30H29N3O5. The topological polar surface area (TPSA) is 117 Å². The molecule has 3 aromatic carbocycles. The monoisotopic (exact) mass is 511 g/mol. The summed E-state index contributed by atoms with van der Waals surface area (Å²) in [5.41, 5.74) is 5.79. The third-order valence-corrected chi connectivity index (χ3v) is 6.02. The number of hydrogen-bond donors (Lipinski definition) is 4. The maximum absolute atomic E-state index is 12.9. The highest BCUT2D eigenvalue weighted by Crippen LogP contribution is 2.25. The van der Waals surface area contributed by atoms with Gasteiger partial charge in [0.2, 0.25) is 5.91 Å². The highest BCUT2D eigenvalue weighted by molar-refractivity contribution is 6.24. The quantitative estimate of drug-likeness (QED) is 0.142. The van der Waals surface area contributed by atoms with Crippen LogP contribution in [0.15, 0.2) is 78.9 Å². The van der Waals surface area contributed by atoms with Gasteiger partial charge in [0, 0.05) is 29.8 Å². The van der Waals surface area contributed by atoms with Gasteiger partial charge in [-0.3, -0.25) is 19.6 Å².